The van der Waals surface area contributed by atoms with Crippen molar-refractivity contribution in [2.45, 2.75) is 12.8 Å². The van der Waals surface area contributed by atoms with Crippen LogP contribution in [0.15, 0.2) is 24.3 Å². The Labute approximate surface area is 139 Å². The summed E-state index contributed by atoms with van der Waals surface area (Å²) in [5.74, 6) is -1.70. The van der Waals surface area contributed by atoms with Gasteiger partial charge in [-0.05, 0) is 25.0 Å². The van der Waals surface area contributed by atoms with Crippen LogP contribution in [0.1, 0.15) is 23.2 Å². The number of carboxylic acid groups (broad SMARTS) is 1. The lowest BCUT2D eigenvalue weighted by Crippen LogP contribution is -2.45. The first-order chi connectivity index (χ1) is 10.9. The molecule has 1 heterocycles. The molecule has 2 amide bonds. The maximum absolute atomic E-state index is 12.3. The molecule has 0 unspecified atom stereocenters. The van der Waals surface area contributed by atoms with Gasteiger partial charge in [-0.1, -0.05) is 23.7 Å². The minimum absolute atomic E-state index is 0.0538. The van der Waals surface area contributed by atoms with Gasteiger partial charge in [0, 0.05) is 20.1 Å². The maximum Gasteiger partial charge on any atom is 0.306 e. The summed E-state index contributed by atoms with van der Waals surface area (Å²) in [5, 5.41) is 9.31. The van der Waals surface area contributed by atoms with Crippen LogP contribution in [0, 0.1) is 5.92 Å². The molecule has 2 rings (SSSR count). The lowest BCUT2D eigenvalue weighted by atomic mass is 9.97. The standard InChI is InChI=1S/C16H19ClN2O4/c1-18(15(21)12-4-2-3-5-13(12)17)10-14(20)19-8-6-11(7-9-19)16(22)23/h2-5,11H,6-10H2,1H3,(H,22,23). The highest BCUT2D eigenvalue weighted by atomic mass is 35.5. The van der Waals surface area contributed by atoms with E-state index in [-0.39, 0.29) is 24.3 Å². The van der Waals surface area contributed by atoms with E-state index in [9.17, 15) is 14.4 Å². The molecule has 0 aliphatic carbocycles. The zero-order valence-electron chi connectivity index (χ0n) is 12.9. The predicted molar refractivity (Wildman–Crippen MR) is 85.4 cm³/mol. The molecule has 1 N–H and O–H groups in total. The van der Waals surface area contributed by atoms with Crippen molar-refractivity contribution in [2.75, 3.05) is 26.7 Å². The SMILES string of the molecule is CN(CC(=O)N1CCC(C(=O)O)CC1)C(=O)c1ccccc1Cl. The quantitative estimate of drug-likeness (QED) is 0.907. The van der Waals surface area contributed by atoms with Crippen molar-refractivity contribution in [3.8, 4) is 0 Å². The van der Waals surface area contributed by atoms with Crippen LogP contribution in [0.2, 0.25) is 5.02 Å². The maximum atomic E-state index is 12.3. The number of benzene rings is 1. The van der Waals surface area contributed by atoms with Gasteiger partial charge in [-0.25, -0.2) is 0 Å². The Morgan fingerprint density at radius 3 is 2.43 bits per heavy atom. The monoisotopic (exact) mass is 338 g/mol. The number of carbonyl (C=O) groups is 3. The molecule has 0 spiro atoms. The van der Waals surface area contributed by atoms with Crippen molar-refractivity contribution in [2.24, 2.45) is 5.92 Å². The molecule has 1 saturated heterocycles. The molecule has 1 aromatic carbocycles. The first kappa shape index (κ1) is 17.3. The van der Waals surface area contributed by atoms with Crippen LogP contribution in [-0.4, -0.2) is 59.4 Å². The number of amides is 2. The number of carboxylic acids is 1. The summed E-state index contributed by atoms with van der Waals surface area (Å²) >= 11 is 6.00. The van der Waals surface area contributed by atoms with E-state index in [1.807, 2.05) is 0 Å². The summed E-state index contributed by atoms with van der Waals surface area (Å²) in [6.45, 7) is 0.760. The fourth-order valence-electron chi connectivity index (χ4n) is 2.59. The Morgan fingerprint density at radius 2 is 1.87 bits per heavy atom. The van der Waals surface area contributed by atoms with Gasteiger partial charge in [0.25, 0.3) is 5.91 Å². The first-order valence-electron chi connectivity index (χ1n) is 7.40. The number of nitrogens with zero attached hydrogens (tertiary/aromatic N) is 2. The topological polar surface area (TPSA) is 77.9 Å². The molecule has 124 valence electrons. The summed E-state index contributed by atoms with van der Waals surface area (Å²) in [5.41, 5.74) is 0.356. The van der Waals surface area contributed by atoms with E-state index in [0.29, 0.717) is 36.5 Å². The molecule has 0 aromatic heterocycles. The molecule has 6 nitrogen and oxygen atoms in total. The fourth-order valence-corrected chi connectivity index (χ4v) is 2.81. The summed E-state index contributed by atoms with van der Waals surface area (Å²) in [6, 6.07) is 6.69. The zero-order chi connectivity index (χ0) is 17.0. The molecule has 0 saturated carbocycles. The minimum atomic E-state index is -0.817. The van der Waals surface area contributed by atoms with Gasteiger partial charge in [0.1, 0.15) is 0 Å². The molecule has 1 fully saturated rings. The van der Waals surface area contributed by atoms with Gasteiger partial charge in [-0.2, -0.15) is 0 Å². The van der Waals surface area contributed by atoms with E-state index < -0.39 is 5.97 Å². The number of aliphatic carboxylic acids is 1. The molecule has 0 radical (unpaired) electrons. The number of rotatable bonds is 4. The first-order valence-corrected chi connectivity index (χ1v) is 7.78. The second-order valence-corrected chi connectivity index (χ2v) is 6.04. The number of likely N-dealkylation sites (tertiary alicyclic amines) is 1. The van der Waals surface area contributed by atoms with Gasteiger partial charge >= 0.3 is 5.97 Å². The van der Waals surface area contributed by atoms with E-state index in [1.165, 1.54) is 4.90 Å². The van der Waals surface area contributed by atoms with Gasteiger partial charge in [0.2, 0.25) is 5.91 Å². The van der Waals surface area contributed by atoms with Crippen molar-refractivity contribution >= 4 is 29.4 Å². The third-order valence-corrected chi connectivity index (χ3v) is 4.35. The number of likely N-dealkylation sites (N-methyl/N-ethyl adjacent to an activating group) is 1. The molecular weight excluding hydrogens is 320 g/mol. The highest BCUT2D eigenvalue weighted by Crippen LogP contribution is 2.19. The van der Waals surface area contributed by atoms with Crippen molar-refractivity contribution in [3.05, 3.63) is 34.9 Å². The molecule has 1 aliphatic heterocycles. The molecule has 1 aliphatic rings. The van der Waals surface area contributed by atoms with Crippen LogP contribution in [0.5, 0.6) is 0 Å². The number of piperidine rings is 1. The Kier molecular flexibility index (Phi) is 5.60. The van der Waals surface area contributed by atoms with E-state index in [2.05, 4.69) is 0 Å². The lowest BCUT2D eigenvalue weighted by Gasteiger charge is -2.31. The smallest absolute Gasteiger partial charge is 0.306 e. The molecule has 7 heteroatoms. The highest BCUT2D eigenvalue weighted by molar-refractivity contribution is 6.33. The van der Waals surface area contributed by atoms with E-state index in [1.54, 1.807) is 36.2 Å². The summed E-state index contributed by atoms with van der Waals surface area (Å²) in [4.78, 5) is 38.4. The molecule has 0 bridgehead atoms. The Morgan fingerprint density at radius 1 is 1.26 bits per heavy atom. The van der Waals surface area contributed by atoms with Gasteiger partial charge in [-0.3, -0.25) is 14.4 Å². The molecular formula is C16H19ClN2O4. The summed E-state index contributed by atoms with van der Waals surface area (Å²) in [6.07, 6.45) is 0.895. The van der Waals surface area contributed by atoms with E-state index in [0.717, 1.165) is 0 Å². The van der Waals surface area contributed by atoms with Crippen molar-refractivity contribution in [1.82, 2.24) is 9.80 Å². The molecule has 0 atom stereocenters. The van der Waals surface area contributed by atoms with E-state index >= 15 is 0 Å². The van der Waals surface area contributed by atoms with Crippen LogP contribution in [0.3, 0.4) is 0 Å². The second kappa shape index (κ2) is 7.46. The van der Waals surface area contributed by atoms with Crippen molar-refractivity contribution < 1.29 is 19.5 Å². The van der Waals surface area contributed by atoms with Crippen LogP contribution >= 0.6 is 11.6 Å². The number of hydrogen-bond acceptors (Lipinski definition) is 3. The third-order valence-electron chi connectivity index (χ3n) is 4.02. The fraction of sp³-hybridized carbons (Fsp3) is 0.438. The van der Waals surface area contributed by atoms with Gasteiger partial charge in [0.15, 0.2) is 0 Å². The minimum Gasteiger partial charge on any atom is -0.481 e. The largest absolute Gasteiger partial charge is 0.481 e. The zero-order valence-corrected chi connectivity index (χ0v) is 13.6. The van der Waals surface area contributed by atoms with Crippen LogP contribution in [-0.2, 0) is 9.59 Å². The molecule has 1 aromatic rings. The predicted octanol–water partition coefficient (Wildman–Crippen LogP) is 1.74. The van der Waals surface area contributed by atoms with E-state index in [4.69, 9.17) is 16.7 Å². The molecule has 23 heavy (non-hydrogen) atoms. The van der Waals surface area contributed by atoms with Crippen LogP contribution in [0.25, 0.3) is 0 Å². The normalized spacial score (nSPS) is 15.3. The number of carbonyl (C=O) groups excluding carboxylic acids is 2. The van der Waals surface area contributed by atoms with Crippen LogP contribution in [0.4, 0.5) is 0 Å². The van der Waals surface area contributed by atoms with Gasteiger partial charge in [-0.15, -0.1) is 0 Å². The van der Waals surface area contributed by atoms with Crippen molar-refractivity contribution in [3.63, 3.8) is 0 Å². The summed E-state index contributed by atoms with van der Waals surface area (Å²) < 4.78 is 0. The van der Waals surface area contributed by atoms with Gasteiger partial charge in [0.05, 0.1) is 23.0 Å². The summed E-state index contributed by atoms with van der Waals surface area (Å²) in [7, 11) is 1.55. The second-order valence-electron chi connectivity index (χ2n) is 5.63. The van der Waals surface area contributed by atoms with Gasteiger partial charge < -0.3 is 14.9 Å². The van der Waals surface area contributed by atoms with Crippen molar-refractivity contribution in [1.29, 1.82) is 0 Å². The Bertz CT molecular complexity index is 612. The Balaban J connectivity index is 1.91. The third kappa shape index (κ3) is 4.22. The Hall–Kier alpha value is -2.08. The highest BCUT2D eigenvalue weighted by Gasteiger charge is 2.28. The number of halogens is 1. The van der Waals surface area contributed by atoms with Crippen LogP contribution < -0.4 is 0 Å². The lowest BCUT2D eigenvalue weighted by molar-refractivity contribution is -0.145. The number of hydrogen-bond donors (Lipinski definition) is 1. The average Bonchev–Trinajstić information content (AvgIpc) is 2.54. The average molecular weight is 339 g/mol.